The summed E-state index contributed by atoms with van der Waals surface area (Å²) in [6.45, 7) is 6.25. The lowest BCUT2D eigenvalue weighted by Gasteiger charge is -2.20. The molecule has 0 fully saturated rings. The molecule has 1 atom stereocenters. The van der Waals surface area contributed by atoms with Gasteiger partial charge in [-0.2, -0.15) is 0 Å². The van der Waals surface area contributed by atoms with Crippen LogP contribution in [0.5, 0.6) is 5.75 Å². The van der Waals surface area contributed by atoms with Crippen molar-refractivity contribution in [1.29, 1.82) is 0 Å². The number of rotatable bonds is 5. The number of nitrogens with zero attached hydrogens (tertiary/aromatic N) is 1. The fraction of sp³-hybridized carbons (Fsp3) is 0.600. The number of nitrogens with one attached hydrogen (secondary N) is 1. The molecule has 0 saturated carbocycles. The summed E-state index contributed by atoms with van der Waals surface area (Å²) in [6, 6.07) is 8.99. The van der Waals surface area contributed by atoms with Gasteiger partial charge in [-0.25, -0.2) is 0 Å². The van der Waals surface area contributed by atoms with E-state index in [0.717, 1.165) is 32.0 Å². The lowest BCUT2D eigenvalue weighted by atomic mass is 10.1. The van der Waals surface area contributed by atoms with Crippen molar-refractivity contribution in [2.45, 2.75) is 32.4 Å². The maximum atomic E-state index is 5.77. The lowest BCUT2D eigenvalue weighted by molar-refractivity contribution is 0.221. The molecule has 1 heterocycles. The zero-order chi connectivity index (χ0) is 12.8. The largest absolute Gasteiger partial charge is 0.492 e. The summed E-state index contributed by atoms with van der Waals surface area (Å²) in [5, 5.41) is 3.29. The molecule has 2 rings (SSSR count). The van der Waals surface area contributed by atoms with Crippen LogP contribution in [-0.4, -0.2) is 37.7 Å². The maximum absolute atomic E-state index is 5.77. The smallest absolute Gasteiger partial charge is 0.123 e. The average Bonchev–Trinajstić information content (AvgIpc) is 2.60. The van der Waals surface area contributed by atoms with E-state index in [2.05, 4.69) is 35.3 Å². The Morgan fingerprint density at radius 1 is 1.39 bits per heavy atom. The Kier molecular flexibility index (Phi) is 5.02. The Morgan fingerprint density at radius 3 is 3.06 bits per heavy atom. The van der Waals surface area contributed by atoms with E-state index in [4.69, 9.17) is 4.74 Å². The average molecular weight is 248 g/mol. The summed E-state index contributed by atoms with van der Waals surface area (Å²) < 4.78 is 5.77. The zero-order valence-corrected chi connectivity index (χ0v) is 11.5. The van der Waals surface area contributed by atoms with Crippen molar-refractivity contribution >= 4 is 0 Å². The van der Waals surface area contributed by atoms with Gasteiger partial charge in [-0.1, -0.05) is 18.2 Å². The number of hydrogen-bond acceptors (Lipinski definition) is 3. The van der Waals surface area contributed by atoms with E-state index in [-0.39, 0.29) is 0 Å². The molecule has 0 saturated heterocycles. The van der Waals surface area contributed by atoms with Gasteiger partial charge >= 0.3 is 0 Å². The lowest BCUT2D eigenvalue weighted by Crippen LogP contribution is -2.28. The van der Waals surface area contributed by atoms with Crippen LogP contribution in [0.1, 0.15) is 25.3 Å². The van der Waals surface area contributed by atoms with Crippen LogP contribution < -0.4 is 10.1 Å². The van der Waals surface area contributed by atoms with E-state index in [9.17, 15) is 0 Å². The van der Waals surface area contributed by atoms with Gasteiger partial charge in [0.25, 0.3) is 0 Å². The maximum Gasteiger partial charge on any atom is 0.123 e. The summed E-state index contributed by atoms with van der Waals surface area (Å²) in [6.07, 6.45) is 2.47. The van der Waals surface area contributed by atoms with Crippen molar-refractivity contribution in [3.8, 4) is 5.75 Å². The van der Waals surface area contributed by atoms with Crippen LogP contribution in [0.2, 0.25) is 0 Å². The highest BCUT2D eigenvalue weighted by Gasteiger charge is 2.14. The van der Waals surface area contributed by atoms with Crippen LogP contribution in [0.15, 0.2) is 24.3 Å². The SMILES string of the molecule is CNC(C)CCCN1CCOc2ccccc2C1. The second-order valence-corrected chi connectivity index (χ2v) is 5.06. The molecule has 0 aliphatic carbocycles. The molecule has 0 aromatic heterocycles. The molecule has 1 aliphatic rings. The van der Waals surface area contributed by atoms with Gasteiger partial charge in [0, 0.05) is 24.7 Å². The van der Waals surface area contributed by atoms with Crippen molar-refractivity contribution in [2.24, 2.45) is 0 Å². The number of hydrogen-bond donors (Lipinski definition) is 1. The predicted octanol–water partition coefficient (Wildman–Crippen LogP) is 2.27. The molecule has 1 N–H and O–H groups in total. The third-order valence-corrected chi connectivity index (χ3v) is 3.64. The van der Waals surface area contributed by atoms with Gasteiger partial charge in [-0.3, -0.25) is 4.90 Å². The number of ether oxygens (including phenoxy) is 1. The monoisotopic (exact) mass is 248 g/mol. The van der Waals surface area contributed by atoms with E-state index in [1.54, 1.807) is 0 Å². The van der Waals surface area contributed by atoms with E-state index in [0.29, 0.717) is 6.04 Å². The minimum absolute atomic E-state index is 0.612. The molecule has 0 bridgehead atoms. The first-order chi connectivity index (χ1) is 8.79. The molecule has 1 aromatic carbocycles. The molecule has 1 aliphatic heterocycles. The number of benzene rings is 1. The molecule has 0 spiro atoms. The third-order valence-electron chi connectivity index (χ3n) is 3.64. The molecular weight excluding hydrogens is 224 g/mol. The van der Waals surface area contributed by atoms with Crippen molar-refractivity contribution in [3.05, 3.63) is 29.8 Å². The molecule has 1 aromatic rings. The van der Waals surface area contributed by atoms with Gasteiger partial charge in [-0.15, -0.1) is 0 Å². The van der Waals surface area contributed by atoms with Crippen LogP contribution in [0.3, 0.4) is 0 Å². The minimum Gasteiger partial charge on any atom is -0.492 e. The molecule has 18 heavy (non-hydrogen) atoms. The summed E-state index contributed by atoms with van der Waals surface area (Å²) in [4.78, 5) is 2.49. The van der Waals surface area contributed by atoms with Gasteiger partial charge in [-0.05, 0) is 39.4 Å². The van der Waals surface area contributed by atoms with Crippen molar-refractivity contribution in [1.82, 2.24) is 10.2 Å². The van der Waals surface area contributed by atoms with E-state index < -0.39 is 0 Å². The molecule has 0 radical (unpaired) electrons. The van der Waals surface area contributed by atoms with Crippen LogP contribution in [0.4, 0.5) is 0 Å². The van der Waals surface area contributed by atoms with E-state index >= 15 is 0 Å². The van der Waals surface area contributed by atoms with E-state index in [1.165, 1.54) is 18.4 Å². The standard InChI is InChI=1S/C15H24N2O/c1-13(16-2)6-5-9-17-10-11-18-15-8-4-3-7-14(15)12-17/h3-4,7-8,13,16H,5-6,9-12H2,1-2H3. The highest BCUT2D eigenvalue weighted by molar-refractivity contribution is 5.33. The summed E-state index contributed by atoms with van der Waals surface area (Å²) in [7, 11) is 2.03. The number of fused-ring (bicyclic) bond motifs is 1. The Hall–Kier alpha value is -1.06. The summed E-state index contributed by atoms with van der Waals surface area (Å²) in [5.41, 5.74) is 1.32. The van der Waals surface area contributed by atoms with Crippen molar-refractivity contribution in [2.75, 3.05) is 26.7 Å². The molecule has 3 heteroatoms. The fourth-order valence-corrected chi connectivity index (χ4v) is 2.34. The van der Waals surface area contributed by atoms with Crippen molar-refractivity contribution in [3.63, 3.8) is 0 Å². The number of para-hydroxylation sites is 1. The molecule has 3 nitrogen and oxygen atoms in total. The molecular formula is C15H24N2O. The highest BCUT2D eigenvalue weighted by atomic mass is 16.5. The third kappa shape index (κ3) is 3.72. The van der Waals surface area contributed by atoms with Crippen LogP contribution in [-0.2, 0) is 6.54 Å². The van der Waals surface area contributed by atoms with Crippen LogP contribution in [0, 0.1) is 0 Å². The Balaban J connectivity index is 1.84. The first-order valence-corrected chi connectivity index (χ1v) is 6.90. The van der Waals surface area contributed by atoms with Gasteiger partial charge < -0.3 is 10.1 Å². The summed E-state index contributed by atoms with van der Waals surface area (Å²) >= 11 is 0. The second kappa shape index (κ2) is 6.76. The van der Waals surface area contributed by atoms with Crippen LogP contribution in [0.25, 0.3) is 0 Å². The molecule has 0 amide bonds. The first-order valence-electron chi connectivity index (χ1n) is 6.90. The quantitative estimate of drug-likeness (QED) is 0.865. The van der Waals surface area contributed by atoms with Crippen molar-refractivity contribution < 1.29 is 4.74 Å². The molecule has 1 unspecified atom stereocenters. The van der Waals surface area contributed by atoms with Gasteiger partial charge in [0.2, 0.25) is 0 Å². The first kappa shape index (κ1) is 13.4. The van der Waals surface area contributed by atoms with Gasteiger partial charge in [0.05, 0.1) is 0 Å². The minimum atomic E-state index is 0.612. The normalized spacial score (nSPS) is 17.7. The zero-order valence-electron chi connectivity index (χ0n) is 11.5. The summed E-state index contributed by atoms with van der Waals surface area (Å²) in [5.74, 6) is 1.06. The van der Waals surface area contributed by atoms with Crippen LogP contribution >= 0.6 is 0 Å². The Labute approximate surface area is 110 Å². The topological polar surface area (TPSA) is 24.5 Å². The second-order valence-electron chi connectivity index (χ2n) is 5.06. The Bertz CT molecular complexity index is 367. The van der Waals surface area contributed by atoms with E-state index in [1.807, 2.05) is 13.1 Å². The fourth-order valence-electron chi connectivity index (χ4n) is 2.34. The van der Waals surface area contributed by atoms with Gasteiger partial charge in [0.1, 0.15) is 12.4 Å². The predicted molar refractivity (Wildman–Crippen MR) is 75.0 cm³/mol. The Morgan fingerprint density at radius 2 is 2.22 bits per heavy atom. The molecule has 100 valence electrons. The van der Waals surface area contributed by atoms with Gasteiger partial charge in [0.15, 0.2) is 0 Å². The highest BCUT2D eigenvalue weighted by Crippen LogP contribution is 2.22.